The highest BCUT2D eigenvalue weighted by Crippen LogP contribution is 2.11. The second kappa shape index (κ2) is 7.68. The lowest BCUT2D eigenvalue weighted by molar-refractivity contribution is -0.117. The number of carbonyl (C=O) groups is 2. The first-order valence-corrected chi connectivity index (χ1v) is 5.38. The summed E-state index contributed by atoms with van der Waals surface area (Å²) in [6.45, 7) is 3.64. The monoisotopic (exact) mass is 272 g/mol. The smallest absolute Gasteiger partial charge is 0.338 e. The molecule has 1 aromatic rings. The summed E-state index contributed by atoms with van der Waals surface area (Å²) >= 11 is 0. The van der Waals surface area contributed by atoms with Crippen LogP contribution in [0, 0.1) is 0 Å². The normalized spacial score (nSPS) is 11.1. The number of hydrogen-bond donors (Lipinski definition) is 2. The first-order chi connectivity index (χ1) is 8.04. The summed E-state index contributed by atoms with van der Waals surface area (Å²) in [5.74, 6) is -0.713. The van der Waals surface area contributed by atoms with E-state index in [2.05, 4.69) is 5.32 Å². The Morgan fingerprint density at radius 3 is 2.67 bits per heavy atom. The van der Waals surface area contributed by atoms with Gasteiger partial charge in [0.05, 0.1) is 18.2 Å². The van der Waals surface area contributed by atoms with Gasteiger partial charge in [0.2, 0.25) is 5.91 Å². The zero-order chi connectivity index (χ0) is 12.8. The number of amides is 1. The standard InChI is InChI=1S/C12H16N2O3.ClH/c1-3-17-12(16)9-5-4-6-10(7-9)14-11(15)8(2)13;/h4-8H,3,13H2,1-2H3,(H,14,15);1H/t8-;/m1./s1. The van der Waals surface area contributed by atoms with Crippen molar-refractivity contribution in [1.82, 2.24) is 0 Å². The molecule has 0 aromatic heterocycles. The molecule has 0 unspecified atom stereocenters. The molecule has 18 heavy (non-hydrogen) atoms. The van der Waals surface area contributed by atoms with Crippen molar-refractivity contribution in [3.63, 3.8) is 0 Å². The Kier molecular flexibility index (Phi) is 7.00. The summed E-state index contributed by atoms with van der Waals surface area (Å²) < 4.78 is 4.86. The van der Waals surface area contributed by atoms with E-state index < -0.39 is 12.0 Å². The molecule has 0 aliphatic heterocycles. The van der Waals surface area contributed by atoms with Crippen LogP contribution in [0.2, 0.25) is 0 Å². The highest BCUT2D eigenvalue weighted by atomic mass is 35.5. The third-order valence-corrected chi connectivity index (χ3v) is 2.05. The van der Waals surface area contributed by atoms with Crippen molar-refractivity contribution in [2.45, 2.75) is 19.9 Å². The molecule has 1 amide bonds. The van der Waals surface area contributed by atoms with E-state index in [1.807, 2.05) is 0 Å². The summed E-state index contributed by atoms with van der Waals surface area (Å²) in [4.78, 5) is 22.8. The highest BCUT2D eigenvalue weighted by molar-refractivity contribution is 5.96. The minimum absolute atomic E-state index is 0. The van der Waals surface area contributed by atoms with E-state index in [0.29, 0.717) is 17.9 Å². The van der Waals surface area contributed by atoms with Gasteiger partial charge < -0.3 is 15.8 Å². The van der Waals surface area contributed by atoms with Gasteiger partial charge in [0.1, 0.15) is 0 Å². The Hall–Kier alpha value is -1.59. The van der Waals surface area contributed by atoms with E-state index in [-0.39, 0.29) is 18.3 Å². The zero-order valence-electron chi connectivity index (χ0n) is 10.3. The molecule has 3 N–H and O–H groups in total. The molecular weight excluding hydrogens is 256 g/mol. The Morgan fingerprint density at radius 2 is 2.11 bits per heavy atom. The van der Waals surface area contributed by atoms with Crippen molar-refractivity contribution in [3.8, 4) is 0 Å². The molecule has 0 aliphatic carbocycles. The molecule has 0 saturated carbocycles. The fourth-order valence-electron chi connectivity index (χ4n) is 1.19. The molecule has 100 valence electrons. The highest BCUT2D eigenvalue weighted by Gasteiger charge is 2.10. The predicted molar refractivity (Wildman–Crippen MR) is 71.9 cm³/mol. The van der Waals surface area contributed by atoms with Crippen LogP contribution in [0.25, 0.3) is 0 Å². The third kappa shape index (κ3) is 4.73. The lowest BCUT2D eigenvalue weighted by Crippen LogP contribution is -2.32. The molecular formula is C12H17ClN2O3. The Bertz CT molecular complexity index is 422. The van der Waals surface area contributed by atoms with Crippen LogP contribution in [0.4, 0.5) is 5.69 Å². The van der Waals surface area contributed by atoms with Gasteiger partial charge in [0.25, 0.3) is 0 Å². The van der Waals surface area contributed by atoms with Crippen LogP contribution in [0.5, 0.6) is 0 Å². The number of nitrogens with one attached hydrogen (secondary N) is 1. The molecule has 1 atom stereocenters. The molecule has 1 rings (SSSR count). The van der Waals surface area contributed by atoms with Gasteiger partial charge >= 0.3 is 5.97 Å². The van der Waals surface area contributed by atoms with Gasteiger partial charge in [0, 0.05) is 5.69 Å². The van der Waals surface area contributed by atoms with Crippen LogP contribution < -0.4 is 11.1 Å². The third-order valence-electron chi connectivity index (χ3n) is 2.05. The second-order valence-corrected chi connectivity index (χ2v) is 3.58. The molecule has 1 aromatic carbocycles. The van der Waals surface area contributed by atoms with Crippen molar-refractivity contribution < 1.29 is 14.3 Å². The van der Waals surface area contributed by atoms with E-state index in [9.17, 15) is 9.59 Å². The minimum atomic E-state index is -0.596. The Labute approximate surface area is 112 Å². The van der Waals surface area contributed by atoms with E-state index >= 15 is 0 Å². The number of nitrogens with two attached hydrogens (primary N) is 1. The van der Waals surface area contributed by atoms with Gasteiger partial charge in [-0.05, 0) is 32.0 Å². The van der Waals surface area contributed by atoms with Crippen LogP contribution in [0.1, 0.15) is 24.2 Å². The molecule has 0 radical (unpaired) electrons. The van der Waals surface area contributed by atoms with Crippen molar-refractivity contribution in [2.24, 2.45) is 5.73 Å². The van der Waals surface area contributed by atoms with Gasteiger partial charge in [-0.2, -0.15) is 0 Å². The average molecular weight is 273 g/mol. The Balaban J connectivity index is 0.00000289. The summed E-state index contributed by atoms with van der Waals surface area (Å²) in [6.07, 6.45) is 0. The largest absolute Gasteiger partial charge is 0.462 e. The fourth-order valence-corrected chi connectivity index (χ4v) is 1.19. The zero-order valence-corrected chi connectivity index (χ0v) is 11.1. The van der Waals surface area contributed by atoms with Crippen molar-refractivity contribution in [2.75, 3.05) is 11.9 Å². The van der Waals surface area contributed by atoms with Crippen molar-refractivity contribution in [1.29, 1.82) is 0 Å². The minimum Gasteiger partial charge on any atom is -0.462 e. The predicted octanol–water partition coefficient (Wildman–Crippen LogP) is 1.57. The summed E-state index contributed by atoms with van der Waals surface area (Å²) in [7, 11) is 0. The molecule has 0 saturated heterocycles. The maximum absolute atomic E-state index is 11.5. The van der Waals surface area contributed by atoms with Gasteiger partial charge in [-0.1, -0.05) is 6.07 Å². The second-order valence-electron chi connectivity index (χ2n) is 3.58. The van der Waals surface area contributed by atoms with E-state index in [1.54, 1.807) is 38.1 Å². The molecule has 0 spiro atoms. The van der Waals surface area contributed by atoms with Gasteiger partial charge in [-0.3, -0.25) is 4.79 Å². The summed E-state index contributed by atoms with van der Waals surface area (Å²) in [5.41, 5.74) is 6.35. The first kappa shape index (κ1) is 16.4. The molecule has 0 fully saturated rings. The maximum Gasteiger partial charge on any atom is 0.338 e. The first-order valence-electron chi connectivity index (χ1n) is 5.38. The number of benzene rings is 1. The van der Waals surface area contributed by atoms with E-state index in [1.165, 1.54) is 0 Å². The maximum atomic E-state index is 11.5. The SMILES string of the molecule is CCOC(=O)c1cccc(NC(=O)[C@@H](C)N)c1.Cl. The van der Waals surface area contributed by atoms with E-state index in [0.717, 1.165) is 0 Å². The van der Waals surface area contributed by atoms with Crippen LogP contribution in [0.3, 0.4) is 0 Å². The number of rotatable bonds is 4. The van der Waals surface area contributed by atoms with Gasteiger partial charge in [0.15, 0.2) is 0 Å². The van der Waals surface area contributed by atoms with E-state index in [4.69, 9.17) is 10.5 Å². The van der Waals surface area contributed by atoms with Gasteiger partial charge in [-0.25, -0.2) is 4.79 Å². The van der Waals surface area contributed by atoms with Crippen molar-refractivity contribution >= 4 is 30.0 Å². The molecule has 0 bridgehead atoms. The van der Waals surface area contributed by atoms with Crippen LogP contribution >= 0.6 is 12.4 Å². The van der Waals surface area contributed by atoms with Crippen LogP contribution in [0.15, 0.2) is 24.3 Å². The average Bonchev–Trinajstić information content (AvgIpc) is 2.29. The topological polar surface area (TPSA) is 81.4 Å². The number of halogens is 1. The lowest BCUT2D eigenvalue weighted by Gasteiger charge is -2.08. The summed E-state index contributed by atoms with van der Waals surface area (Å²) in [6, 6.07) is 5.94. The number of ether oxygens (including phenoxy) is 1. The number of carbonyl (C=O) groups excluding carboxylic acids is 2. The fraction of sp³-hybridized carbons (Fsp3) is 0.333. The van der Waals surface area contributed by atoms with Gasteiger partial charge in [-0.15, -0.1) is 12.4 Å². The van der Waals surface area contributed by atoms with Crippen molar-refractivity contribution in [3.05, 3.63) is 29.8 Å². The number of esters is 1. The molecule has 6 heteroatoms. The van der Waals surface area contributed by atoms with Crippen LogP contribution in [-0.4, -0.2) is 24.5 Å². The quantitative estimate of drug-likeness (QED) is 0.815. The Morgan fingerprint density at radius 1 is 1.44 bits per heavy atom. The molecule has 0 aliphatic rings. The van der Waals surface area contributed by atoms with Crippen LogP contribution in [-0.2, 0) is 9.53 Å². The number of hydrogen-bond acceptors (Lipinski definition) is 4. The number of anilines is 1. The molecule has 0 heterocycles. The molecule has 5 nitrogen and oxygen atoms in total. The lowest BCUT2D eigenvalue weighted by atomic mass is 10.2. The summed E-state index contributed by atoms with van der Waals surface area (Å²) in [5, 5.41) is 2.61.